The van der Waals surface area contributed by atoms with E-state index in [-0.39, 0.29) is 5.91 Å². The molecule has 1 amide bonds. The van der Waals surface area contributed by atoms with E-state index in [1.54, 1.807) is 0 Å². The molecule has 0 radical (unpaired) electrons. The molecule has 0 bridgehead atoms. The minimum absolute atomic E-state index is 0.372. The van der Waals surface area contributed by atoms with Crippen LogP contribution in [-0.2, 0) is 4.79 Å². The molecule has 110 valence electrons. The van der Waals surface area contributed by atoms with E-state index in [1.165, 1.54) is 5.56 Å². The van der Waals surface area contributed by atoms with Crippen LogP contribution in [-0.4, -0.2) is 5.91 Å². The molecule has 0 aliphatic rings. The average Bonchev–Trinajstić information content (AvgIpc) is 2.40. The monoisotopic (exact) mass is 282 g/mol. The Labute approximate surface area is 126 Å². The first-order valence-corrected chi connectivity index (χ1v) is 7.08. The molecule has 3 heteroatoms. The van der Waals surface area contributed by atoms with Gasteiger partial charge in [0.2, 0.25) is 5.91 Å². The third-order valence-electron chi connectivity index (χ3n) is 3.81. The molecule has 2 aromatic carbocycles. The van der Waals surface area contributed by atoms with Crippen LogP contribution in [0.2, 0.25) is 0 Å². The van der Waals surface area contributed by atoms with Crippen LogP contribution < -0.4 is 11.1 Å². The molecule has 0 spiro atoms. The van der Waals surface area contributed by atoms with E-state index in [1.807, 2.05) is 51.1 Å². The van der Waals surface area contributed by atoms with Crippen molar-refractivity contribution in [3.63, 3.8) is 0 Å². The first kappa shape index (κ1) is 15.1. The summed E-state index contributed by atoms with van der Waals surface area (Å²) in [5.41, 5.74) is 12.0. The fourth-order valence-corrected chi connectivity index (χ4v) is 2.50. The third-order valence-corrected chi connectivity index (χ3v) is 3.81. The predicted octanol–water partition coefficient (Wildman–Crippen LogP) is 3.56. The standard InChI is InChI=1S/C18H22N2O/c1-11-6-5-7-15(8-11)20-17(18(19)21)16-10-13(3)12(2)9-14(16)4/h5-10,17,20H,1-4H3,(H2,19,21). The second kappa shape index (κ2) is 6.00. The molecule has 2 rings (SSSR count). The van der Waals surface area contributed by atoms with Gasteiger partial charge in [-0.3, -0.25) is 4.79 Å². The lowest BCUT2D eigenvalue weighted by atomic mass is 9.95. The number of hydrogen-bond donors (Lipinski definition) is 2. The maximum absolute atomic E-state index is 11.9. The third kappa shape index (κ3) is 3.43. The van der Waals surface area contributed by atoms with E-state index in [2.05, 4.69) is 18.3 Å². The van der Waals surface area contributed by atoms with Crippen LogP contribution in [0.4, 0.5) is 5.69 Å². The van der Waals surface area contributed by atoms with Gasteiger partial charge < -0.3 is 11.1 Å². The minimum atomic E-state index is -0.522. The van der Waals surface area contributed by atoms with Crippen molar-refractivity contribution < 1.29 is 4.79 Å². The van der Waals surface area contributed by atoms with Gasteiger partial charge in [-0.05, 0) is 67.6 Å². The first-order valence-electron chi connectivity index (χ1n) is 7.08. The highest BCUT2D eigenvalue weighted by Crippen LogP contribution is 2.25. The summed E-state index contributed by atoms with van der Waals surface area (Å²) in [5, 5.41) is 3.25. The van der Waals surface area contributed by atoms with Crippen LogP contribution in [0.15, 0.2) is 36.4 Å². The number of amides is 1. The van der Waals surface area contributed by atoms with Crippen LogP contribution in [0.5, 0.6) is 0 Å². The SMILES string of the molecule is Cc1cccc(NC(C(N)=O)c2cc(C)c(C)cc2C)c1. The fourth-order valence-electron chi connectivity index (χ4n) is 2.50. The Hall–Kier alpha value is -2.29. The normalized spacial score (nSPS) is 12.0. The smallest absolute Gasteiger partial charge is 0.244 e. The van der Waals surface area contributed by atoms with Crippen molar-refractivity contribution in [2.24, 2.45) is 5.73 Å². The average molecular weight is 282 g/mol. The quantitative estimate of drug-likeness (QED) is 0.901. The highest BCUT2D eigenvalue weighted by atomic mass is 16.1. The molecule has 0 saturated carbocycles. The lowest BCUT2D eigenvalue weighted by Crippen LogP contribution is -2.28. The molecule has 0 aliphatic carbocycles. The Morgan fingerprint density at radius 3 is 2.29 bits per heavy atom. The van der Waals surface area contributed by atoms with Gasteiger partial charge in [0, 0.05) is 5.69 Å². The van der Waals surface area contributed by atoms with E-state index in [0.29, 0.717) is 0 Å². The molecule has 0 saturated heterocycles. The maximum Gasteiger partial charge on any atom is 0.244 e. The summed E-state index contributed by atoms with van der Waals surface area (Å²) in [6, 6.07) is 11.5. The molecule has 0 aliphatic heterocycles. The molecular formula is C18H22N2O. The van der Waals surface area contributed by atoms with Gasteiger partial charge in [0.15, 0.2) is 0 Å². The number of nitrogens with two attached hydrogens (primary N) is 1. The van der Waals surface area contributed by atoms with Gasteiger partial charge in [0.25, 0.3) is 0 Å². The number of hydrogen-bond acceptors (Lipinski definition) is 2. The Balaban J connectivity index is 2.40. The zero-order chi connectivity index (χ0) is 15.6. The van der Waals surface area contributed by atoms with Gasteiger partial charge in [0.1, 0.15) is 6.04 Å². The minimum Gasteiger partial charge on any atom is -0.370 e. The fraction of sp³-hybridized carbons (Fsp3) is 0.278. The van der Waals surface area contributed by atoms with Crippen molar-refractivity contribution in [2.75, 3.05) is 5.32 Å². The van der Waals surface area contributed by atoms with Gasteiger partial charge in [-0.2, -0.15) is 0 Å². The van der Waals surface area contributed by atoms with Crippen LogP contribution in [0.3, 0.4) is 0 Å². The Bertz CT molecular complexity index is 677. The van der Waals surface area contributed by atoms with E-state index >= 15 is 0 Å². The second-order valence-corrected chi connectivity index (χ2v) is 5.64. The van der Waals surface area contributed by atoms with Crippen LogP contribution in [0.25, 0.3) is 0 Å². The van der Waals surface area contributed by atoms with Crippen molar-refractivity contribution in [1.29, 1.82) is 0 Å². The number of aryl methyl sites for hydroxylation is 4. The van der Waals surface area contributed by atoms with Gasteiger partial charge in [-0.25, -0.2) is 0 Å². The van der Waals surface area contributed by atoms with E-state index in [0.717, 1.165) is 27.9 Å². The largest absolute Gasteiger partial charge is 0.370 e. The molecule has 1 unspecified atom stereocenters. The zero-order valence-corrected chi connectivity index (χ0v) is 13.0. The molecule has 0 fully saturated rings. The molecule has 0 heterocycles. The first-order chi connectivity index (χ1) is 9.88. The Morgan fingerprint density at radius 2 is 1.67 bits per heavy atom. The lowest BCUT2D eigenvalue weighted by molar-refractivity contribution is -0.118. The van der Waals surface area contributed by atoms with Crippen molar-refractivity contribution in [1.82, 2.24) is 0 Å². The van der Waals surface area contributed by atoms with Crippen LogP contribution >= 0.6 is 0 Å². The highest BCUT2D eigenvalue weighted by molar-refractivity contribution is 5.85. The van der Waals surface area contributed by atoms with Gasteiger partial charge in [-0.15, -0.1) is 0 Å². The second-order valence-electron chi connectivity index (χ2n) is 5.64. The van der Waals surface area contributed by atoms with E-state index < -0.39 is 6.04 Å². The zero-order valence-electron chi connectivity index (χ0n) is 13.0. The van der Waals surface area contributed by atoms with Crippen molar-refractivity contribution >= 4 is 11.6 Å². The Kier molecular flexibility index (Phi) is 4.32. The summed E-state index contributed by atoms with van der Waals surface area (Å²) in [4.78, 5) is 11.9. The van der Waals surface area contributed by atoms with Crippen LogP contribution in [0, 0.1) is 27.7 Å². The lowest BCUT2D eigenvalue weighted by Gasteiger charge is -2.20. The maximum atomic E-state index is 11.9. The number of carbonyl (C=O) groups excluding carboxylic acids is 1. The summed E-state index contributed by atoms with van der Waals surface area (Å²) >= 11 is 0. The summed E-state index contributed by atoms with van der Waals surface area (Å²) in [7, 11) is 0. The summed E-state index contributed by atoms with van der Waals surface area (Å²) < 4.78 is 0. The van der Waals surface area contributed by atoms with Crippen molar-refractivity contribution in [3.05, 3.63) is 64.2 Å². The van der Waals surface area contributed by atoms with Gasteiger partial charge in [-0.1, -0.05) is 24.3 Å². The number of carbonyl (C=O) groups is 1. The highest BCUT2D eigenvalue weighted by Gasteiger charge is 2.20. The summed E-state index contributed by atoms with van der Waals surface area (Å²) in [6.07, 6.45) is 0. The van der Waals surface area contributed by atoms with E-state index in [4.69, 9.17) is 5.73 Å². The predicted molar refractivity (Wildman–Crippen MR) is 87.4 cm³/mol. The van der Waals surface area contributed by atoms with E-state index in [9.17, 15) is 4.79 Å². The summed E-state index contributed by atoms with van der Waals surface area (Å²) in [5.74, 6) is -0.372. The number of nitrogens with one attached hydrogen (secondary N) is 1. The molecule has 0 aromatic heterocycles. The molecule has 2 aromatic rings. The number of benzene rings is 2. The molecule has 1 atom stereocenters. The number of primary amides is 1. The van der Waals surface area contributed by atoms with Crippen molar-refractivity contribution in [3.8, 4) is 0 Å². The topological polar surface area (TPSA) is 55.1 Å². The molecule has 21 heavy (non-hydrogen) atoms. The molecule has 3 N–H and O–H groups in total. The van der Waals surface area contributed by atoms with Crippen molar-refractivity contribution in [2.45, 2.75) is 33.7 Å². The van der Waals surface area contributed by atoms with Gasteiger partial charge in [0.05, 0.1) is 0 Å². The Morgan fingerprint density at radius 1 is 1.00 bits per heavy atom. The number of anilines is 1. The van der Waals surface area contributed by atoms with Crippen LogP contribution in [0.1, 0.15) is 33.9 Å². The van der Waals surface area contributed by atoms with Gasteiger partial charge >= 0.3 is 0 Å². The molecule has 3 nitrogen and oxygen atoms in total. The number of rotatable bonds is 4. The summed E-state index contributed by atoms with van der Waals surface area (Å²) in [6.45, 7) is 8.14. The molecular weight excluding hydrogens is 260 g/mol.